The summed E-state index contributed by atoms with van der Waals surface area (Å²) in [5.74, 6) is -1.03. The molecule has 2 atom stereocenters. The number of thioether (sulfide) groups is 1. The van der Waals surface area contributed by atoms with E-state index in [4.69, 9.17) is 5.73 Å². The van der Waals surface area contributed by atoms with Gasteiger partial charge in [0.2, 0.25) is 5.91 Å². The van der Waals surface area contributed by atoms with Crippen LogP contribution in [-0.2, 0) is 4.79 Å². The zero-order valence-corrected chi connectivity index (χ0v) is 12.8. The van der Waals surface area contributed by atoms with Gasteiger partial charge in [-0.05, 0) is 56.2 Å². The van der Waals surface area contributed by atoms with E-state index in [2.05, 4.69) is 5.32 Å². The Morgan fingerprint density at radius 3 is 2.86 bits per heavy atom. The van der Waals surface area contributed by atoms with Gasteiger partial charge in [0, 0.05) is 4.90 Å². The lowest BCUT2D eigenvalue weighted by Crippen LogP contribution is -2.56. The molecule has 1 aromatic carbocycles. The molecular formula is C15H20F2N2OS. The van der Waals surface area contributed by atoms with Crippen LogP contribution in [0.2, 0.25) is 0 Å². The maximum Gasteiger partial charge on any atom is 0.238 e. The molecule has 1 amide bonds. The van der Waals surface area contributed by atoms with E-state index in [0.29, 0.717) is 4.90 Å². The van der Waals surface area contributed by atoms with E-state index in [1.807, 2.05) is 0 Å². The Bertz CT molecular complexity index is 526. The highest BCUT2D eigenvalue weighted by Gasteiger charge is 2.45. The molecule has 0 heterocycles. The van der Waals surface area contributed by atoms with Gasteiger partial charge in [0.05, 0.1) is 0 Å². The fourth-order valence-electron chi connectivity index (χ4n) is 3.13. The number of likely N-dealkylation sites (N-methyl/N-ethyl adjacent to an activating group) is 1. The van der Waals surface area contributed by atoms with Crippen molar-refractivity contribution >= 4 is 17.7 Å². The predicted molar refractivity (Wildman–Crippen MR) is 80.0 cm³/mol. The van der Waals surface area contributed by atoms with Gasteiger partial charge < -0.3 is 11.1 Å². The largest absolute Gasteiger partial charge is 0.368 e. The van der Waals surface area contributed by atoms with Gasteiger partial charge in [-0.25, -0.2) is 8.78 Å². The molecule has 1 fully saturated rings. The highest BCUT2D eigenvalue weighted by molar-refractivity contribution is 7.99. The van der Waals surface area contributed by atoms with Crippen molar-refractivity contribution in [2.45, 2.75) is 36.1 Å². The van der Waals surface area contributed by atoms with Gasteiger partial charge in [-0.3, -0.25) is 4.79 Å². The van der Waals surface area contributed by atoms with Gasteiger partial charge in [-0.15, -0.1) is 11.8 Å². The monoisotopic (exact) mass is 314 g/mol. The molecule has 6 heteroatoms. The summed E-state index contributed by atoms with van der Waals surface area (Å²) in [4.78, 5) is 12.4. The quantitative estimate of drug-likeness (QED) is 0.794. The van der Waals surface area contributed by atoms with Gasteiger partial charge in [-0.1, -0.05) is 6.42 Å². The second-order valence-corrected chi connectivity index (χ2v) is 6.56. The van der Waals surface area contributed by atoms with Crippen LogP contribution in [0, 0.1) is 17.6 Å². The molecule has 3 N–H and O–H groups in total. The Balaban J connectivity index is 1.93. The molecule has 21 heavy (non-hydrogen) atoms. The maximum atomic E-state index is 13.1. The molecule has 0 radical (unpaired) electrons. The van der Waals surface area contributed by atoms with E-state index in [9.17, 15) is 13.6 Å². The van der Waals surface area contributed by atoms with Crippen molar-refractivity contribution in [3.8, 4) is 0 Å². The number of carbonyl (C=O) groups excluding carboxylic acids is 1. The normalized spacial score (nSPS) is 25.2. The zero-order chi connectivity index (χ0) is 15.5. The number of nitrogens with two attached hydrogens (primary N) is 1. The van der Waals surface area contributed by atoms with Gasteiger partial charge in [0.15, 0.2) is 11.6 Å². The zero-order valence-electron chi connectivity index (χ0n) is 12.0. The van der Waals surface area contributed by atoms with Gasteiger partial charge >= 0.3 is 0 Å². The minimum atomic E-state index is -0.835. The molecule has 0 aromatic heterocycles. The first-order chi connectivity index (χ1) is 9.99. The predicted octanol–water partition coefficient (Wildman–Crippen LogP) is 2.69. The highest BCUT2D eigenvalue weighted by Crippen LogP contribution is 2.38. The van der Waals surface area contributed by atoms with Crippen LogP contribution in [0.15, 0.2) is 23.1 Å². The third-order valence-electron chi connectivity index (χ3n) is 4.33. The van der Waals surface area contributed by atoms with Crippen LogP contribution < -0.4 is 11.1 Å². The number of benzene rings is 1. The first kappa shape index (κ1) is 16.2. The summed E-state index contributed by atoms with van der Waals surface area (Å²) in [6.07, 6.45) is 3.51. The van der Waals surface area contributed by atoms with Crippen LogP contribution in [0.25, 0.3) is 0 Å². The van der Waals surface area contributed by atoms with Crippen molar-refractivity contribution in [2.75, 3.05) is 12.8 Å². The molecule has 0 spiro atoms. The fraction of sp³-hybridized carbons (Fsp3) is 0.533. The number of primary amides is 1. The number of halogens is 2. The number of hydrogen-bond donors (Lipinski definition) is 2. The van der Waals surface area contributed by atoms with E-state index < -0.39 is 17.2 Å². The van der Waals surface area contributed by atoms with Crippen LogP contribution in [0.4, 0.5) is 8.78 Å². The van der Waals surface area contributed by atoms with Crippen molar-refractivity contribution in [2.24, 2.45) is 11.7 Å². The van der Waals surface area contributed by atoms with Crippen LogP contribution in [-0.4, -0.2) is 24.2 Å². The van der Waals surface area contributed by atoms with E-state index in [1.54, 1.807) is 13.1 Å². The molecule has 1 saturated carbocycles. The topological polar surface area (TPSA) is 55.1 Å². The lowest BCUT2D eigenvalue weighted by Gasteiger charge is -2.32. The SMILES string of the molecule is CNC1(C(N)=O)CCCC1CCSc1ccc(F)c(F)c1. The molecule has 2 unspecified atom stereocenters. The number of hydrogen-bond acceptors (Lipinski definition) is 3. The Kier molecular flexibility index (Phi) is 5.22. The minimum absolute atomic E-state index is 0.192. The lowest BCUT2D eigenvalue weighted by atomic mass is 9.84. The van der Waals surface area contributed by atoms with Crippen LogP contribution in [0.5, 0.6) is 0 Å². The maximum absolute atomic E-state index is 13.1. The second-order valence-electron chi connectivity index (χ2n) is 5.39. The number of nitrogens with one attached hydrogen (secondary N) is 1. The molecule has 0 saturated heterocycles. The first-order valence-corrected chi connectivity index (χ1v) is 8.05. The van der Waals surface area contributed by atoms with Gasteiger partial charge in [0.1, 0.15) is 5.54 Å². The second kappa shape index (κ2) is 6.75. The molecular weight excluding hydrogens is 294 g/mol. The Hall–Kier alpha value is -1.14. The Labute approximate surface area is 127 Å². The number of carbonyl (C=O) groups is 1. The van der Waals surface area contributed by atoms with E-state index in [1.165, 1.54) is 17.8 Å². The smallest absolute Gasteiger partial charge is 0.238 e. The number of rotatable bonds is 6. The first-order valence-electron chi connectivity index (χ1n) is 7.06. The summed E-state index contributed by atoms with van der Waals surface area (Å²) >= 11 is 1.47. The molecule has 1 aliphatic carbocycles. The number of amides is 1. The summed E-state index contributed by atoms with van der Waals surface area (Å²) in [6, 6.07) is 3.90. The van der Waals surface area contributed by atoms with Crippen molar-refractivity contribution in [3.05, 3.63) is 29.8 Å². The molecule has 116 valence electrons. The van der Waals surface area contributed by atoms with E-state index in [0.717, 1.165) is 37.5 Å². The summed E-state index contributed by atoms with van der Waals surface area (Å²) in [6.45, 7) is 0. The molecule has 1 aliphatic rings. The van der Waals surface area contributed by atoms with Crippen LogP contribution in [0.1, 0.15) is 25.7 Å². The van der Waals surface area contributed by atoms with Crippen LogP contribution in [0.3, 0.4) is 0 Å². The molecule has 1 aromatic rings. The fourth-order valence-corrected chi connectivity index (χ4v) is 4.12. The third-order valence-corrected chi connectivity index (χ3v) is 5.36. The third kappa shape index (κ3) is 3.37. The minimum Gasteiger partial charge on any atom is -0.368 e. The Morgan fingerprint density at radius 2 is 2.24 bits per heavy atom. The Morgan fingerprint density at radius 1 is 1.48 bits per heavy atom. The standard InChI is InChI=1S/C15H20F2N2OS/c1-19-15(14(18)20)7-2-3-10(15)6-8-21-11-4-5-12(16)13(17)9-11/h4-5,9-10,19H,2-3,6-8H2,1H3,(H2,18,20). The van der Waals surface area contributed by atoms with Crippen LogP contribution >= 0.6 is 11.8 Å². The lowest BCUT2D eigenvalue weighted by molar-refractivity contribution is -0.125. The van der Waals surface area contributed by atoms with Crippen molar-refractivity contribution in [1.29, 1.82) is 0 Å². The van der Waals surface area contributed by atoms with Gasteiger partial charge in [0.25, 0.3) is 0 Å². The highest BCUT2D eigenvalue weighted by atomic mass is 32.2. The summed E-state index contributed by atoms with van der Waals surface area (Å²) in [5, 5.41) is 3.10. The van der Waals surface area contributed by atoms with Crippen molar-refractivity contribution < 1.29 is 13.6 Å². The summed E-state index contributed by atoms with van der Waals surface area (Å²) < 4.78 is 26.0. The molecule has 3 nitrogen and oxygen atoms in total. The summed E-state index contributed by atoms with van der Waals surface area (Å²) in [7, 11) is 1.77. The average Bonchev–Trinajstić information content (AvgIpc) is 2.87. The summed E-state index contributed by atoms with van der Waals surface area (Å²) in [5.41, 5.74) is 4.94. The average molecular weight is 314 g/mol. The van der Waals surface area contributed by atoms with Crippen molar-refractivity contribution in [3.63, 3.8) is 0 Å². The van der Waals surface area contributed by atoms with Gasteiger partial charge in [-0.2, -0.15) is 0 Å². The molecule has 2 rings (SSSR count). The van der Waals surface area contributed by atoms with Crippen molar-refractivity contribution in [1.82, 2.24) is 5.32 Å². The molecule has 0 aliphatic heterocycles. The molecule has 0 bridgehead atoms. The van der Waals surface area contributed by atoms with E-state index >= 15 is 0 Å². The van der Waals surface area contributed by atoms with E-state index in [-0.39, 0.29) is 11.8 Å².